The number of rotatable bonds is 6. The van der Waals surface area contributed by atoms with Crippen molar-refractivity contribution in [3.63, 3.8) is 0 Å². The first-order valence-corrected chi connectivity index (χ1v) is 10.0. The molecular weight excluding hydrogens is 392 g/mol. The van der Waals surface area contributed by atoms with Crippen molar-refractivity contribution in [3.8, 4) is 5.75 Å². The van der Waals surface area contributed by atoms with E-state index in [1.165, 1.54) is 6.07 Å². The first-order chi connectivity index (χ1) is 15.1. The zero-order valence-corrected chi connectivity index (χ0v) is 17.0. The lowest BCUT2D eigenvalue weighted by Gasteiger charge is -2.31. The van der Waals surface area contributed by atoms with Gasteiger partial charge in [0, 0.05) is 5.57 Å². The lowest BCUT2D eigenvalue weighted by molar-refractivity contribution is 0.0692. The predicted octanol–water partition coefficient (Wildman–Crippen LogP) is 4.71. The van der Waals surface area contributed by atoms with Crippen molar-refractivity contribution < 1.29 is 19.4 Å². The van der Waals surface area contributed by atoms with Crippen LogP contribution in [0, 0.1) is 0 Å². The van der Waals surface area contributed by atoms with Gasteiger partial charge in [0.25, 0.3) is 0 Å². The average Bonchev–Trinajstić information content (AvgIpc) is 2.79. The third-order valence-corrected chi connectivity index (χ3v) is 5.09. The SMILES string of the molecule is CCOc1cc(C2NC(=O)NC(c3ccccc3)=C2c2ccccc2)ccc1C(=O)O. The molecule has 3 aromatic carbocycles. The van der Waals surface area contributed by atoms with Crippen molar-refractivity contribution in [3.05, 3.63) is 101 Å². The molecule has 3 aromatic rings. The molecule has 2 amide bonds. The summed E-state index contributed by atoms with van der Waals surface area (Å²) < 4.78 is 5.58. The Labute approximate surface area is 180 Å². The summed E-state index contributed by atoms with van der Waals surface area (Å²) in [5, 5.41) is 15.4. The van der Waals surface area contributed by atoms with E-state index >= 15 is 0 Å². The molecule has 6 heteroatoms. The van der Waals surface area contributed by atoms with Gasteiger partial charge in [-0.3, -0.25) is 0 Å². The zero-order valence-electron chi connectivity index (χ0n) is 17.0. The van der Waals surface area contributed by atoms with Gasteiger partial charge in [0.1, 0.15) is 11.3 Å². The van der Waals surface area contributed by atoms with E-state index in [-0.39, 0.29) is 17.3 Å². The number of hydrogen-bond donors (Lipinski definition) is 3. The van der Waals surface area contributed by atoms with E-state index in [0.29, 0.717) is 12.3 Å². The van der Waals surface area contributed by atoms with Crippen molar-refractivity contribution in [1.29, 1.82) is 0 Å². The van der Waals surface area contributed by atoms with Crippen molar-refractivity contribution in [2.75, 3.05) is 6.61 Å². The second-order valence-electron chi connectivity index (χ2n) is 7.05. The number of benzene rings is 3. The van der Waals surface area contributed by atoms with Crippen LogP contribution in [-0.2, 0) is 0 Å². The molecule has 1 heterocycles. The largest absolute Gasteiger partial charge is 0.493 e. The normalized spacial score (nSPS) is 15.8. The number of urea groups is 1. The van der Waals surface area contributed by atoms with Gasteiger partial charge in [0.05, 0.1) is 18.3 Å². The van der Waals surface area contributed by atoms with Gasteiger partial charge < -0.3 is 20.5 Å². The molecule has 31 heavy (non-hydrogen) atoms. The zero-order chi connectivity index (χ0) is 21.8. The number of amides is 2. The Morgan fingerprint density at radius 1 is 0.968 bits per heavy atom. The number of carbonyl (C=O) groups is 2. The van der Waals surface area contributed by atoms with Crippen molar-refractivity contribution in [2.45, 2.75) is 13.0 Å². The second-order valence-corrected chi connectivity index (χ2v) is 7.05. The van der Waals surface area contributed by atoms with Crippen LogP contribution in [0.4, 0.5) is 4.79 Å². The topological polar surface area (TPSA) is 87.7 Å². The van der Waals surface area contributed by atoms with Crippen LogP contribution in [0.3, 0.4) is 0 Å². The van der Waals surface area contributed by atoms with Crippen LogP contribution < -0.4 is 15.4 Å². The fourth-order valence-corrected chi connectivity index (χ4v) is 3.75. The number of carbonyl (C=O) groups excluding carboxylic acids is 1. The Bertz CT molecular complexity index is 1140. The molecule has 0 saturated carbocycles. The number of aromatic carboxylic acids is 1. The van der Waals surface area contributed by atoms with Gasteiger partial charge in [0.2, 0.25) is 0 Å². The molecule has 4 rings (SSSR count). The molecule has 0 radical (unpaired) electrons. The number of nitrogens with one attached hydrogen (secondary N) is 2. The van der Waals surface area contributed by atoms with Crippen molar-refractivity contribution >= 4 is 23.3 Å². The quantitative estimate of drug-likeness (QED) is 0.545. The molecule has 0 saturated heterocycles. The molecule has 3 N–H and O–H groups in total. The highest BCUT2D eigenvalue weighted by Gasteiger charge is 2.30. The van der Waals surface area contributed by atoms with Gasteiger partial charge >= 0.3 is 12.0 Å². The average molecular weight is 414 g/mol. The second kappa shape index (κ2) is 8.75. The minimum absolute atomic E-state index is 0.0828. The van der Waals surface area contributed by atoms with Crippen LogP contribution in [0.15, 0.2) is 78.9 Å². The molecule has 0 bridgehead atoms. The fourth-order valence-electron chi connectivity index (χ4n) is 3.75. The predicted molar refractivity (Wildman–Crippen MR) is 119 cm³/mol. The lowest BCUT2D eigenvalue weighted by Crippen LogP contribution is -2.43. The monoisotopic (exact) mass is 414 g/mol. The minimum atomic E-state index is -1.06. The molecule has 156 valence electrons. The molecule has 0 aliphatic carbocycles. The highest BCUT2D eigenvalue weighted by Crippen LogP contribution is 2.39. The minimum Gasteiger partial charge on any atom is -0.493 e. The van der Waals surface area contributed by atoms with Gasteiger partial charge in [-0.25, -0.2) is 9.59 Å². The Balaban J connectivity index is 1.92. The first-order valence-electron chi connectivity index (χ1n) is 10.0. The number of hydrogen-bond acceptors (Lipinski definition) is 3. The maximum atomic E-state index is 12.6. The Hall–Kier alpha value is -4.06. The Kier molecular flexibility index (Phi) is 5.71. The Morgan fingerprint density at radius 2 is 1.61 bits per heavy atom. The highest BCUT2D eigenvalue weighted by molar-refractivity contribution is 6.03. The van der Waals surface area contributed by atoms with Gasteiger partial charge in [-0.2, -0.15) is 0 Å². The molecule has 6 nitrogen and oxygen atoms in total. The summed E-state index contributed by atoms with van der Waals surface area (Å²) in [6.45, 7) is 2.13. The van der Waals surface area contributed by atoms with Crippen molar-refractivity contribution in [2.24, 2.45) is 0 Å². The van der Waals surface area contributed by atoms with E-state index in [0.717, 1.165) is 22.3 Å². The number of carboxylic acid groups (broad SMARTS) is 1. The van der Waals surface area contributed by atoms with Crippen LogP contribution in [0.5, 0.6) is 5.75 Å². The van der Waals surface area contributed by atoms with Crippen LogP contribution in [-0.4, -0.2) is 23.7 Å². The molecule has 1 unspecified atom stereocenters. The molecular formula is C25H22N2O4. The molecule has 1 atom stereocenters. The van der Waals surface area contributed by atoms with E-state index in [1.807, 2.05) is 60.7 Å². The van der Waals surface area contributed by atoms with Crippen molar-refractivity contribution in [1.82, 2.24) is 10.6 Å². The van der Waals surface area contributed by atoms with Crippen LogP contribution in [0.25, 0.3) is 11.3 Å². The molecule has 1 aliphatic rings. The van der Waals surface area contributed by atoms with Gasteiger partial charge in [-0.05, 0) is 35.7 Å². The van der Waals surface area contributed by atoms with Gasteiger partial charge in [-0.15, -0.1) is 0 Å². The third-order valence-electron chi connectivity index (χ3n) is 5.09. The third kappa shape index (κ3) is 4.14. The van der Waals surface area contributed by atoms with E-state index < -0.39 is 12.0 Å². The summed E-state index contributed by atoms with van der Waals surface area (Å²) in [5.74, 6) is -0.790. The molecule has 0 spiro atoms. The summed E-state index contributed by atoms with van der Waals surface area (Å²) in [5.41, 5.74) is 4.24. The molecule has 1 aliphatic heterocycles. The van der Waals surface area contributed by atoms with E-state index in [4.69, 9.17) is 4.74 Å². The first kappa shape index (κ1) is 20.2. The van der Waals surface area contributed by atoms with E-state index in [2.05, 4.69) is 10.6 Å². The van der Waals surface area contributed by atoms with Gasteiger partial charge in [-0.1, -0.05) is 66.7 Å². The van der Waals surface area contributed by atoms with Crippen LogP contribution >= 0.6 is 0 Å². The summed E-state index contributed by atoms with van der Waals surface area (Å²) in [6.07, 6.45) is 0. The number of carboxylic acids is 1. The molecule has 0 aromatic heterocycles. The summed E-state index contributed by atoms with van der Waals surface area (Å²) in [4.78, 5) is 24.2. The van der Waals surface area contributed by atoms with E-state index in [9.17, 15) is 14.7 Å². The van der Waals surface area contributed by atoms with Crippen LogP contribution in [0.2, 0.25) is 0 Å². The molecule has 0 fully saturated rings. The maximum absolute atomic E-state index is 12.6. The summed E-state index contributed by atoms with van der Waals surface area (Å²) in [7, 11) is 0. The number of ether oxygens (including phenoxy) is 1. The summed E-state index contributed by atoms with van der Waals surface area (Å²) in [6, 6.07) is 23.5. The van der Waals surface area contributed by atoms with Crippen LogP contribution in [0.1, 0.15) is 40.0 Å². The lowest BCUT2D eigenvalue weighted by atomic mass is 9.87. The van der Waals surface area contributed by atoms with E-state index in [1.54, 1.807) is 19.1 Å². The summed E-state index contributed by atoms with van der Waals surface area (Å²) >= 11 is 0. The smallest absolute Gasteiger partial charge is 0.339 e. The highest BCUT2D eigenvalue weighted by atomic mass is 16.5. The van der Waals surface area contributed by atoms with Gasteiger partial charge in [0.15, 0.2) is 0 Å². The maximum Gasteiger partial charge on any atom is 0.339 e. The fraction of sp³-hybridized carbons (Fsp3) is 0.120. The Morgan fingerprint density at radius 3 is 2.23 bits per heavy atom. The standard InChI is InChI=1S/C25H22N2O4/c1-2-31-20-15-18(13-14-19(20)24(28)29)23-21(16-9-5-3-6-10-16)22(26-25(30)27-23)17-11-7-4-8-12-17/h3-15,23H,2H2,1H3,(H,28,29)(H2,26,27,30).